The van der Waals surface area contributed by atoms with E-state index < -0.39 is 8.32 Å². The number of nitrogens with zero attached hydrogens (tertiary/aromatic N) is 1. The summed E-state index contributed by atoms with van der Waals surface area (Å²) in [6.45, 7) is 14.0. The molecule has 1 saturated heterocycles. The van der Waals surface area contributed by atoms with E-state index in [0.29, 0.717) is 0 Å². The van der Waals surface area contributed by atoms with Gasteiger partial charge in [0.25, 0.3) is 0 Å². The van der Waals surface area contributed by atoms with Crippen LogP contribution in [0.4, 0.5) is 0 Å². The van der Waals surface area contributed by atoms with Crippen LogP contribution in [0.3, 0.4) is 0 Å². The van der Waals surface area contributed by atoms with E-state index in [9.17, 15) is 5.21 Å². The van der Waals surface area contributed by atoms with Crippen molar-refractivity contribution in [1.82, 2.24) is 5.06 Å². The molecule has 3 nitrogen and oxygen atoms in total. The van der Waals surface area contributed by atoms with Crippen molar-refractivity contribution >= 4 is 8.32 Å². The summed E-state index contributed by atoms with van der Waals surface area (Å²) in [5.41, 5.74) is 0. The molecule has 0 aromatic rings. The molecule has 1 aliphatic heterocycles. The van der Waals surface area contributed by atoms with E-state index in [2.05, 4.69) is 33.9 Å². The van der Waals surface area contributed by atoms with Crippen molar-refractivity contribution in [2.24, 2.45) is 0 Å². The quantitative estimate of drug-likeness (QED) is 0.742. The lowest BCUT2D eigenvalue weighted by Gasteiger charge is -2.39. The third-order valence-corrected chi connectivity index (χ3v) is 8.41. The minimum absolute atomic E-state index is 0.138. The molecular weight excluding hydrogens is 206 g/mol. The molecule has 1 aliphatic rings. The second-order valence-electron chi connectivity index (χ2n) is 6.11. The molecule has 0 aliphatic carbocycles. The molecule has 0 bridgehead atoms. The van der Waals surface area contributed by atoms with Gasteiger partial charge in [0.1, 0.15) is 0 Å². The number of hydrogen-bond acceptors (Lipinski definition) is 3. The maximum absolute atomic E-state index is 9.54. The van der Waals surface area contributed by atoms with Gasteiger partial charge in [0, 0.05) is 6.54 Å². The third kappa shape index (κ3) is 2.81. The van der Waals surface area contributed by atoms with Gasteiger partial charge in [-0.3, -0.25) is 0 Å². The predicted molar refractivity (Wildman–Crippen MR) is 64.6 cm³/mol. The highest BCUT2D eigenvalue weighted by Crippen LogP contribution is 2.38. The summed E-state index contributed by atoms with van der Waals surface area (Å²) in [6, 6.07) is 0.138. The maximum atomic E-state index is 9.54. The van der Waals surface area contributed by atoms with Gasteiger partial charge in [0.05, 0.1) is 12.1 Å². The minimum atomic E-state index is -1.68. The van der Waals surface area contributed by atoms with Crippen molar-refractivity contribution in [3.8, 4) is 0 Å². The van der Waals surface area contributed by atoms with Crippen LogP contribution in [-0.2, 0) is 4.43 Å². The van der Waals surface area contributed by atoms with Gasteiger partial charge < -0.3 is 9.63 Å². The molecule has 0 radical (unpaired) electrons. The molecule has 1 N–H and O–H groups in total. The average molecular weight is 231 g/mol. The van der Waals surface area contributed by atoms with Crippen LogP contribution in [0.25, 0.3) is 0 Å². The second kappa shape index (κ2) is 4.16. The zero-order chi connectivity index (χ0) is 11.9. The normalized spacial score (nSPS) is 29.8. The summed E-state index contributed by atoms with van der Waals surface area (Å²) < 4.78 is 6.28. The van der Waals surface area contributed by atoms with Crippen molar-refractivity contribution in [2.45, 2.75) is 64.4 Å². The van der Waals surface area contributed by atoms with E-state index in [-0.39, 0.29) is 17.2 Å². The Hall–Kier alpha value is 0.0969. The standard InChI is InChI=1S/C11H25NO2Si/c1-9-10(7-8-12(9)13)14-15(5,6)11(2,3)4/h9-10,13H,7-8H2,1-6H3/t9-,10+/m1/s1. The van der Waals surface area contributed by atoms with Crippen LogP contribution >= 0.6 is 0 Å². The Morgan fingerprint density at radius 2 is 1.87 bits per heavy atom. The van der Waals surface area contributed by atoms with Crippen LogP contribution in [0.5, 0.6) is 0 Å². The molecule has 1 heterocycles. The minimum Gasteiger partial charge on any atom is -0.412 e. The van der Waals surface area contributed by atoms with E-state index in [0.717, 1.165) is 13.0 Å². The van der Waals surface area contributed by atoms with Gasteiger partial charge in [-0.2, -0.15) is 5.06 Å². The third-order valence-electron chi connectivity index (χ3n) is 3.90. The zero-order valence-electron chi connectivity index (χ0n) is 10.9. The first-order valence-corrected chi connectivity index (χ1v) is 8.69. The molecule has 2 atom stereocenters. The molecule has 4 heteroatoms. The first kappa shape index (κ1) is 13.2. The summed E-state index contributed by atoms with van der Waals surface area (Å²) in [5, 5.41) is 11.2. The Labute approximate surface area is 94.5 Å². The molecule has 0 amide bonds. The van der Waals surface area contributed by atoms with Crippen molar-refractivity contribution in [3.05, 3.63) is 0 Å². The Balaban J connectivity index is 2.62. The molecular formula is C11H25NO2Si. The Morgan fingerprint density at radius 1 is 1.33 bits per heavy atom. The summed E-state index contributed by atoms with van der Waals surface area (Å²) in [5.74, 6) is 0. The summed E-state index contributed by atoms with van der Waals surface area (Å²) in [7, 11) is -1.68. The lowest BCUT2D eigenvalue weighted by Crippen LogP contribution is -2.46. The molecule has 0 aromatic heterocycles. The van der Waals surface area contributed by atoms with Crippen LogP contribution in [-0.4, -0.2) is 37.3 Å². The topological polar surface area (TPSA) is 32.7 Å². The largest absolute Gasteiger partial charge is 0.412 e. The highest BCUT2D eigenvalue weighted by atomic mass is 28.4. The molecule has 1 fully saturated rings. The molecule has 0 unspecified atom stereocenters. The predicted octanol–water partition coefficient (Wildman–Crippen LogP) is 2.86. The number of hydroxylamine groups is 2. The second-order valence-corrected chi connectivity index (χ2v) is 10.9. The summed E-state index contributed by atoms with van der Waals surface area (Å²) in [6.07, 6.45) is 1.15. The fourth-order valence-electron chi connectivity index (χ4n) is 1.61. The van der Waals surface area contributed by atoms with Gasteiger partial charge in [0.2, 0.25) is 0 Å². The molecule has 90 valence electrons. The van der Waals surface area contributed by atoms with Gasteiger partial charge in [-0.1, -0.05) is 20.8 Å². The first-order valence-electron chi connectivity index (χ1n) is 5.78. The van der Waals surface area contributed by atoms with Gasteiger partial charge in [0.15, 0.2) is 8.32 Å². The van der Waals surface area contributed by atoms with E-state index >= 15 is 0 Å². The van der Waals surface area contributed by atoms with Crippen LogP contribution in [0.2, 0.25) is 18.1 Å². The monoisotopic (exact) mass is 231 g/mol. The highest BCUT2D eigenvalue weighted by molar-refractivity contribution is 6.74. The number of hydrogen-bond donors (Lipinski definition) is 1. The Morgan fingerprint density at radius 3 is 2.20 bits per heavy atom. The van der Waals surface area contributed by atoms with E-state index in [1.807, 2.05) is 6.92 Å². The fraction of sp³-hybridized carbons (Fsp3) is 1.00. The lowest BCUT2D eigenvalue weighted by atomic mass is 10.2. The van der Waals surface area contributed by atoms with Crippen molar-refractivity contribution in [2.75, 3.05) is 6.54 Å². The Kier molecular flexibility index (Phi) is 3.65. The lowest BCUT2D eigenvalue weighted by molar-refractivity contribution is -0.108. The first-order chi connectivity index (χ1) is 6.65. The fourth-order valence-corrected chi connectivity index (χ4v) is 3.03. The zero-order valence-corrected chi connectivity index (χ0v) is 11.9. The molecule has 0 spiro atoms. The van der Waals surface area contributed by atoms with Crippen LogP contribution in [0.15, 0.2) is 0 Å². The van der Waals surface area contributed by atoms with Crippen LogP contribution < -0.4 is 0 Å². The van der Waals surface area contributed by atoms with Crippen LogP contribution in [0, 0.1) is 0 Å². The van der Waals surface area contributed by atoms with Gasteiger partial charge in [-0.15, -0.1) is 0 Å². The average Bonchev–Trinajstić information content (AvgIpc) is 2.33. The molecule has 1 rings (SSSR count). The summed E-state index contributed by atoms with van der Waals surface area (Å²) >= 11 is 0. The van der Waals surface area contributed by atoms with Crippen molar-refractivity contribution in [1.29, 1.82) is 0 Å². The van der Waals surface area contributed by atoms with Crippen LogP contribution in [0.1, 0.15) is 34.1 Å². The van der Waals surface area contributed by atoms with E-state index in [1.165, 1.54) is 5.06 Å². The van der Waals surface area contributed by atoms with E-state index in [1.54, 1.807) is 0 Å². The smallest absolute Gasteiger partial charge is 0.192 e. The van der Waals surface area contributed by atoms with Crippen molar-refractivity contribution < 1.29 is 9.63 Å². The Bertz CT molecular complexity index is 225. The maximum Gasteiger partial charge on any atom is 0.192 e. The summed E-state index contributed by atoms with van der Waals surface area (Å²) in [4.78, 5) is 0. The van der Waals surface area contributed by atoms with E-state index in [4.69, 9.17) is 4.43 Å². The van der Waals surface area contributed by atoms with Gasteiger partial charge in [-0.25, -0.2) is 0 Å². The SMILES string of the molecule is C[C@@H]1[C@@H](O[Si](C)(C)C(C)(C)C)CCN1O. The molecule has 0 saturated carbocycles. The molecule has 15 heavy (non-hydrogen) atoms. The highest BCUT2D eigenvalue weighted by Gasteiger charge is 2.42. The van der Waals surface area contributed by atoms with Gasteiger partial charge >= 0.3 is 0 Å². The van der Waals surface area contributed by atoms with Gasteiger partial charge in [-0.05, 0) is 31.5 Å². The number of rotatable bonds is 2. The molecule has 0 aromatic carbocycles. The van der Waals surface area contributed by atoms with Crippen molar-refractivity contribution in [3.63, 3.8) is 0 Å².